The summed E-state index contributed by atoms with van der Waals surface area (Å²) >= 11 is 0. The van der Waals surface area contributed by atoms with Gasteiger partial charge in [0.05, 0.1) is 0 Å². The summed E-state index contributed by atoms with van der Waals surface area (Å²) in [6, 6.07) is 0. The maximum absolute atomic E-state index is 12.2. The normalized spacial score (nSPS) is 33.3. The van der Waals surface area contributed by atoms with Crippen LogP contribution in [-0.4, -0.2) is 5.78 Å². The Morgan fingerprint density at radius 2 is 1.93 bits per heavy atom. The summed E-state index contributed by atoms with van der Waals surface area (Å²) in [5, 5.41) is 0. The van der Waals surface area contributed by atoms with Crippen LogP contribution in [0.15, 0.2) is 25.3 Å². The number of allylic oxidation sites excluding steroid dienone is 2. The molecule has 2 fully saturated rings. The molecule has 0 saturated heterocycles. The molecule has 0 amide bonds. The highest BCUT2D eigenvalue weighted by atomic mass is 16.1. The van der Waals surface area contributed by atoms with Crippen LogP contribution in [0.5, 0.6) is 0 Å². The molecular weight excluding hydrogens is 172 g/mol. The van der Waals surface area contributed by atoms with Gasteiger partial charge in [-0.1, -0.05) is 12.2 Å². The number of hydrogen-bond acceptors (Lipinski definition) is 1. The summed E-state index contributed by atoms with van der Waals surface area (Å²) in [4.78, 5) is 12.2. The minimum Gasteiger partial charge on any atom is -0.299 e. The smallest absolute Gasteiger partial charge is 0.143 e. The first-order chi connectivity index (χ1) is 6.74. The second-order valence-electron chi connectivity index (χ2n) is 4.71. The first-order valence-electron chi connectivity index (χ1n) is 5.50. The van der Waals surface area contributed by atoms with Gasteiger partial charge >= 0.3 is 0 Å². The van der Waals surface area contributed by atoms with Crippen LogP contribution >= 0.6 is 0 Å². The van der Waals surface area contributed by atoms with Crippen LogP contribution in [0.2, 0.25) is 0 Å². The molecule has 76 valence electrons. The first kappa shape index (κ1) is 9.70. The summed E-state index contributed by atoms with van der Waals surface area (Å²) < 4.78 is 0. The molecule has 0 aromatic heterocycles. The van der Waals surface area contributed by atoms with E-state index in [9.17, 15) is 4.79 Å². The third-order valence-electron chi connectivity index (χ3n) is 4.09. The molecule has 0 spiro atoms. The largest absolute Gasteiger partial charge is 0.299 e. The fraction of sp³-hybridized carbons (Fsp3) is 0.615. The molecule has 0 aromatic carbocycles. The van der Waals surface area contributed by atoms with Gasteiger partial charge in [-0.15, -0.1) is 13.2 Å². The highest BCUT2D eigenvalue weighted by Gasteiger charge is 2.55. The van der Waals surface area contributed by atoms with Crippen LogP contribution in [0, 0.1) is 17.3 Å². The lowest BCUT2D eigenvalue weighted by Crippen LogP contribution is -2.36. The highest BCUT2D eigenvalue weighted by Crippen LogP contribution is 2.57. The second kappa shape index (κ2) is 3.38. The van der Waals surface area contributed by atoms with Crippen LogP contribution in [0.4, 0.5) is 0 Å². The predicted molar refractivity (Wildman–Crippen MR) is 57.9 cm³/mol. The van der Waals surface area contributed by atoms with E-state index in [1.165, 1.54) is 6.42 Å². The minimum absolute atomic E-state index is 0.105. The van der Waals surface area contributed by atoms with E-state index < -0.39 is 0 Å². The molecule has 14 heavy (non-hydrogen) atoms. The lowest BCUT2D eigenvalue weighted by Gasteiger charge is -2.34. The Balaban J connectivity index is 2.29. The zero-order chi connectivity index (χ0) is 10.2. The van der Waals surface area contributed by atoms with Crippen LogP contribution in [-0.2, 0) is 4.79 Å². The molecule has 0 aliphatic heterocycles. The maximum Gasteiger partial charge on any atom is 0.143 e. The molecular formula is C13H18O. The lowest BCUT2D eigenvalue weighted by atomic mass is 9.68. The van der Waals surface area contributed by atoms with Crippen molar-refractivity contribution < 1.29 is 4.79 Å². The van der Waals surface area contributed by atoms with Gasteiger partial charge in [0.2, 0.25) is 0 Å². The molecule has 2 bridgehead atoms. The van der Waals surface area contributed by atoms with Gasteiger partial charge in [0, 0.05) is 11.3 Å². The monoisotopic (exact) mass is 190 g/mol. The van der Waals surface area contributed by atoms with Gasteiger partial charge in [-0.25, -0.2) is 0 Å². The van der Waals surface area contributed by atoms with Crippen molar-refractivity contribution in [2.24, 2.45) is 17.3 Å². The molecule has 2 aliphatic carbocycles. The zero-order valence-electron chi connectivity index (χ0n) is 8.67. The summed E-state index contributed by atoms with van der Waals surface area (Å²) in [7, 11) is 0. The molecule has 0 aromatic rings. The number of fused-ring (bicyclic) bond motifs is 2. The number of Topliss-reactive ketones (excluding diaryl/α,β-unsaturated/α-hetero) is 1. The van der Waals surface area contributed by atoms with E-state index in [0.29, 0.717) is 17.6 Å². The van der Waals surface area contributed by atoms with Crippen molar-refractivity contribution >= 4 is 5.78 Å². The van der Waals surface area contributed by atoms with E-state index in [2.05, 4.69) is 13.2 Å². The van der Waals surface area contributed by atoms with Crippen molar-refractivity contribution in [2.45, 2.75) is 32.1 Å². The van der Waals surface area contributed by atoms with Crippen molar-refractivity contribution in [3.05, 3.63) is 25.3 Å². The number of carbonyl (C=O) groups is 1. The molecule has 0 unspecified atom stereocenters. The van der Waals surface area contributed by atoms with Gasteiger partial charge in [0.1, 0.15) is 5.78 Å². The molecule has 1 heteroatoms. The van der Waals surface area contributed by atoms with Gasteiger partial charge in [-0.05, 0) is 38.0 Å². The predicted octanol–water partition coefficient (Wildman–Crippen LogP) is 3.12. The average Bonchev–Trinajstić information content (AvgIpc) is 2.71. The number of hydrogen-bond donors (Lipinski definition) is 0. The number of ketones is 1. The standard InChI is InChI=1S/C13H18O/c1-3-7-13(8-4-2)11-6-5-10(9-11)12(13)14/h3-4,10-11H,1-2,5-9H2/t10-,11+/m1/s1. The van der Waals surface area contributed by atoms with Crippen molar-refractivity contribution in [1.29, 1.82) is 0 Å². The Labute approximate surface area is 85.9 Å². The molecule has 0 heterocycles. The van der Waals surface area contributed by atoms with E-state index in [-0.39, 0.29) is 5.41 Å². The molecule has 2 aliphatic rings. The molecule has 0 N–H and O–H groups in total. The number of carbonyl (C=O) groups excluding carboxylic acids is 1. The fourth-order valence-corrected chi connectivity index (χ4v) is 3.46. The van der Waals surface area contributed by atoms with E-state index >= 15 is 0 Å². The minimum atomic E-state index is -0.105. The van der Waals surface area contributed by atoms with E-state index in [1.54, 1.807) is 0 Å². The van der Waals surface area contributed by atoms with Crippen molar-refractivity contribution in [1.82, 2.24) is 0 Å². The van der Waals surface area contributed by atoms with Crippen molar-refractivity contribution in [3.8, 4) is 0 Å². The van der Waals surface area contributed by atoms with Crippen LogP contribution in [0.3, 0.4) is 0 Å². The Hall–Kier alpha value is -0.850. The first-order valence-corrected chi connectivity index (χ1v) is 5.50. The molecule has 2 saturated carbocycles. The van der Waals surface area contributed by atoms with E-state index in [4.69, 9.17) is 0 Å². The lowest BCUT2D eigenvalue weighted by molar-refractivity contribution is -0.132. The Bertz CT molecular complexity index is 267. The van der Waals surface area contributed by atoms with E-state index in [1.807, 2.05) is 12.2 Å². The Morgan fingerprint density at radius 1 is 1.29 bits per heavy atom. The Kier molecular flexibility index (Phi) is 2.34. The quantitative estimate of drug-likeness (QED) is 0.622. The van der Waals surface area contributed by atoms with Crippen molar-refractivity contribution in [2.75, 3.05) is 0 Å². The molecule has 2 atom stereocenters. The molecule has 2 rings (SSSR count). The summed E-state index contributed by atoms with van der Waals surface area (Å²) in [5.41, 5.74) is -0.105. The van der Waals surface area contributed by atoms with Crippen molar-refractivity contribution in [3.63, 3.8) is 0 Å². The van der Waals surface area contributed by atoms with Gasteiger partial charge < -0.3 is 0 Å². The van der Waals surface area contributed by atoms with Crippen LogP contribution < -0.4 is 0 Å². The highest BCUT2D eigenvalue weighted by molar-refractivity contribution is 5.90. The summed E-state index contributed by atoms with van der Waals surface area (Å²) in [6.07, 6.45) is 8.99. The maximum atomic E-state index is 12.2. The SMILES string of the molecule is C=CCC1(CC=C)C(=O)[C@@H]2CC[C@H]1C2. The van der Waals surface area contributed by atoms with Gasteiger partial charge in [-0.2, -0.15) is 0 Å². The third-order valence-corrected chi connectivity index (χ3v) is 4.09. The summed E-state index contributed by atoms with van der Waals surface area (Å²) in [5.74, 6) is 1.46. The zero-order valence-corrected chi connectivity index (χ0v) is 8.67. The molecule has 1 nitrogen and oxygen atoms in total. The van der Waals surface area contributed by atoms with Crippen LogP contribution in [0.25, 0.3) is 0 Å². The second-order valence-corrected chi connectivity index (χ2v) is 4.71. The van der Waals surface area contributed by atoms with Gasteiger partial charge in [0.15, 0.2) is 0 Å². The molecule has 0 radical (unpaired) electrons. The fourth-order valence-electron chi connectivity index (χ4n) is 3.46. The van der Waals surface area contributed by atoms with Gasteiger partial charge in [-0.3, -0.25) is 4.79 Å². The van der Waals surface area contributed by atoms with E-state index in [0.717, 1.165) is 25.7 Å². The average molecular weight is 190 g/mol. The van der Waals surface area contributed by atoms with Crippen LogP contribution in [0.1, 0.15) is 32.1 Å². The topological polar surface area (TPSA) is 17.1 Å². The third kappa shape index (κ3) is 1.11. The summed E-state index contributed by atoms with van der Waals surface area (Å²) in [6.45, 7) is 7.57. The number of rotatable bonds is 4. The van der Waals surface area contributed by atoms with Gasteiger partial charge in [0.25, 0.3) is 0 Å². The Morgan fingerprint density at radius 3 is 2.36 bits per heavy atom.